The number of aromatic nitrogens is 2. The van der Waals surface area contributed by atoms with Gasteiger partial charge in [-0.2, -0.15) is 16.5 Å². The second kappa shape index (κ2) is 6.21. The van der Waals surface area contributed by atoms with E-state index in [0.29, 0.717) is 5.75 Å². The van der Waals surface area contributed by atoms with Gasteiger partial charge >= 0.3 is 5.97 Å². The molecule has 0 aliphatic carbocycles. The van der Waals surface area contributed by atoms with Crippen molar-refractivity contribution in [2.45, 2.75) is 17.5 Å². The normalized spacial score (nSPS) is 13.4. The third-order valence-corrected chi connectivity index (χ3v) is 4.16. The Balaban J connectivity index is 2.82. The molecule has 0 amide bonds. The molecule has 18 heavy (non-hydrogen) atoms. The maximum Gasteiger partial charge on any atom is 0.321 e. The van der Waals surface area contributed by atoms with Crippen LogP contribution in [0.25, 0.3) is 0 Å². The predicted octanol–water partition coefficient (Wildman–Crippen LogP) is -0.0953. The molecule has 0 fully saturated rings. The Bertz CT molecular complexity index is 512. The van der Waals surface area contributed by atoms with Crippen LogP contribution in [0.4, 0.5) is 0 Å². The fraction of sp³-hybridized carbons (Fsp3) is 0.556. The molecular formula is C9H15N3O4S2. The Morgan fingerprint density at radius 3 is 2.78 bits per heavy atom. The average Bonchev–Trinajstić information content (AvgIpc) is 2.71. The molecule has 1 aromatic heterocycles. The first-order valence-electron chi connectivity index (χ1n) is 5.09. The van der Waals surface area contributed by atoms with Gasteiger partial charge in [0, 0.05) is 13.2 Å². The van der Waals surface area contributed by atoms with E-state index in [1.54, 1.807) is 7.05 Å². The molecule has 0 spiro atoms. The summed E-state index contributed by atoms with van der Waals surface area (Å²) in [7, 11) is -2.25. The number of hydrogen-bond donors (Lipinski definition) is 2. The minimum atomic E-state index is -3.89. The van der Waals surface area contributed by atoms with Gasteiger partial charge in [0.2, 0.25) is 0 Å². The SMILES string of the molecule is CSCC[C@H](NS(=O)(=O)c1cn(C)cn1)C(=O)O. The van der Waals surface area contributed by atoms with Crippen LogP contribution in [-0.4, -0.2) is 47.1 Å². The minimum Gasteiger partial charge on any atom is -0.480 e. The van der Waals surface area contributed by atoms with E-state index in [2.05, 4.69) is 9.71 Å². The van der Waals surface area contributed by atoms with Gasteiger partial charge in [-0.05, 0) is 18.4 Å². The third-order valence-electron chi connectivity index (χ3n) is 2.16. The van der Waals surface area contributed by atoms with Gasteiger partial charge in [0.25, 0.3) is 10.0 Å². The van der Waals surface area contributed by atoms with Crippen molar-refractivity contribution in [1.82, 2.24) is 14.3 Å². The van der Waals surface area contributed by atoms with E-state index in [1.165, 1.54) is 28.9 Å². The van der Waals surface area contributed by atoms with E-state index in [9.17, 15) is 13.2 Å². The molecule has 0 saturated heterocycles. The van der Waals surface area contributed by atoms with Gasteiger partial charge in [-0.15, -0.1) is 0 Å². The smallest absolute Gasteiger partial charge is 0.321 e. The van der Waals surface area contributed by atoms with Crippen LogP contribution in [0.1, 0.15) is 6.42 Å². The lowest BCUT2D eigenvalue weighted by Gasteiger charge is -2.12. The number of imidazole rings is 1. The number of nitrogens with zero attached hydrogens (tertiary/aromatic N) is 2. The fourth-order valence-corrected chi connectivity index (χ4v) is 2.92. The number of nitrogens with one attached hydrogen (secondary N) is 1. The fourth-order valence-electron chi connectivity index (χ4n) is 1.24. The average molecular weight is 293 g/mol. The molecule has 0 saturated carbocycles. The van der Waals surface area contributed by atoms with Crippen LogP contribution >= 0.6 is 11.8 Å². The van der Waals surface area contributed by atoms with E-state index in [1.807, 2.05) is 6.26 Å². The van der Waals surface area contributed by atoms with Crippen LogP contribution in [0.3, 0.4) is 0 Å². The Kier molecular flexibility index (Phi) is 5.17. The topological polar surface area (TPSA) is 101 Å². The molecule has 7 nitrogen and oxygen atoms in total. The summed E-state index contributed by atoms with van der Waals surface area (Å²) >= 11 is 1.46. The first-order valence-corrected chi connectivity index (χ1v) is 7.96. The van der Waals surface area contributed by atoms with Gasteiger partial charge in [-0.1, -0.05) is 0 Å². The number of carboxylic acids is 1. The van der Waals surface area contributed by atoms with Crippen LogP contribution in [-0.2, 0) is 21.9 Å². The van der Waals surface area contributed by atoms with Crippen molar-refractivity contribution in [3.05, 3.63) is 12.5 Å². The predicted molar refractivity (Wildman–Crippen MR) is 68.0 cm³/mol. The zero-order chi connectivity index (χ0) is 13.8. The monoisotopic (exact) mass is 293 g/mol. The van der Waals surface area contributed by atoms with Gasteiger partial charge in [-0.3, -0.25) is 4.79 Å². The van der Waals surface area contributed by atoms with Crippen molar-refractivity contribution in [3.8, 4) is 0 Å². The Labute approximate surface area is 110 Å². The van der Waals surface area contributed by atoms with Crippen molar-refractivity contribution >= 4 is 27.8 Å². The second-order valence-corrected chi connectivity index (χ2v) is 6.32. The summed E-state index contributed by atoms with van der Waals surface area (Å²) < 4.78 is 27.4. The van der Waals surface area contributed by atoms with Crippen molar-refractivity contribution in [3.63, 3.8) is 0 Å². The maximum absolute atomic E-state index is 11.9. The van der Waals surface area contributed by atoms with E-state index >= 15 is 0 Å². The summed E-state index contributed by atoms with van der Waals surface area (Å²) in [5.74, 6) is -0.634. The summed E-state index contributed by atoms with van der Waals surface area (Å²) in [5, 5.41) is 8.77. The molecule has 9 heteroatoms. The number of rotatable bonds is 7. The highest BCUT2D eigenvalue weighted by atomic mass is 32.2. The quantitative estimate of drug-likeness (QED) is 0.728. The molecule has 2 N–H and O–H groups in total. The highest BCUT2D eigenvalue weighted by Crippen LogP contribution is 2.08. The number of aryl methyl sites for hydroxylation is 1. The van der Waals surface area contributed by atoms with Crippen LogP contribution in [0, 0.1) is 0 Å². The zero-order valence-electron chi connectivity index (χ0n) is 10.0. The first-order chi connectivity index (χ1) is 8.36. The summed E-state index contributed by atoms with van der Waals surface area (Å²) in [4.78, 5) is 14.7. The molecule has 0 aliphatic heterocycles. The van der Waals surface area contributed by atoms with Crippen LogP contribution in [0.15, 0.2) is 17.6 Å². The van der Waals surface area contributed by atoms with Crippen LogP contribution in [0.2, 0.25) is 0 Å². The molecule has 1 aromatic rings. The van der Waals surface area contributed by atoms with E-state index in [4.69, 9.17) is 5.11 Å². The molecule has 0 aromatic carbocycles. The van der Waals surface area contributed by atoms with Gasteiger partial charge in [-0.25, -0.2) is 13.4 Å². The number of aliphatic carboxylic acids is 1. The van der Waals surface area contributed by atoms with Crippen LogP contribution < -0.4 is 4.72 Å². The maximum atomic E-state index is 11.9. The molecule has 0 aliphatic rings. The Morgan fingerprint density at radius 1 is 1.67 bits per heavy atom. The molecule has 1 rings (SSSR count). The largest absolute Gasteiger partial charge is 0.480 e. The lowest BCUT2D eigenvalue weighted by molar-refractivity contribution is -0.139. The molecular weight excluding hydrogens is 278 g/mol. The minimum absolute atomic E-state index is 0.180. The van der Waals surface area contributed by atoms with E-state index in [-0.39, 0.29) is 11.4 Å². The standard InChI is InChI=1S/C9H15N3O4S2/c1-12-5-8(10-6-12)18(15,16)11-7(9(13)14)3-4-17-2/h5-7,11H,3-4H2,1-2H3,(H,13,14)/t7-/m0/s1. The molecule has 0 bridgehead atoms. The summed E-state index contributed by atoms with van der Waals surface area (Å²) in [6.45, 7) is 0. The number of carbonyl (C=O) groups is 1. The summed E-state index contributed by atoms with van der Waals surface area (Å²) in [6.07, 6.45) is 4.71. The van der Waals surface area contributed by atoms with Crippen molar-refractivity contribution in [2.75, 3.05) is 12.0 Å². The molecule has 0 unspecified atom stereocenters. The number of sulfonamides is 1. The second-order valence-electron chi connectivity index (χ2n) is 3.67. The first kappa shape index (κ1) is 15.0. The third kappa shape index (κ3) is 4.00. The lowest BCUT2D eigenvalue weighted by atomic mass is 10.2. The summed E-state index contributed by atoms with van der Waals surface area (Å²) in [5.41, 5.74) is 0. The van der Waals surface area contributed by atoms with Crippen molar-refractivity contribution in [1.29, 1.82) is 0 Å². The highest BCUT2D eigenvalue weighted by molar-refractivity contribution is 7.98. The van der Waals surface area contributed by atoms with Gasteiger partial charge in [0.15, 0.2) is 5.03 Å². The molecule has 1 atom stereocenters. The van der Waals surface area contributed by atoms with Crippen molar-refractivity contribution < 1.29 is 18.3 Å². The van der Waals surface area contributed by atoms with Gasteiger partial charge in [0.05, 0.1) is 6.33 Å². The Morgan fingerprint density at radius 2 is 2.33 bits per heavy atom. The highest BCUT2D eigenvalue weighted by Gasteiger charge is 2.26. The van der Waals surface area contributed by atoms with Crippen molar-refractivity contribution in [2.24, 2.45) is 7.05 Å². The Hall–Kier alpha value is -1.06. The lowest BCUT2D eigenvalue weighted by Crippen LogP contribution is -2.41. The number of carboxylic acid groups (broad SMARTS) is 1. The van der Waals surface area contributed by atoms with Crippen LogP contribution in [0.5, 0.6) is 0 Å². The molecule has 1 heterocycles. The number of thioether (sulfide) groups is 1. The van der Waals surface area contributed by atoms with E-state index in [0.717, 1.165) is 0 Å². The van der Waals surface area contributed by atoms with Gasteiger partial charge in [0.1, 0.15) is 6.04 Å². The number of hydrogen-bond acceptors (Lipinski definition) is 5. The molecule has 102 valence electrons. The van der Waals surface area contributed by atoms with Gasteiger partial charge < -0.3 is 9.67 Å². The molecule has 0 radical (unpaired) electrons. The van der Waals surface area contributed by atoms with E-state index < -0.39 is 22.0 Å². The summed E-state index contributed by atoms with van der Waals surface area (Å²) in [6, 6.07) is -1.13. The zero-order valence-corrected chi connectivity index (χ0v) is 11.7.